The third-order valence-electron chi connectivity index (χ3n) is 4.41. The smallest absolute Gasteiger partial charge is 0.416 e. The summed E-state index contributed by atoms with van der Waals surface area (Å²) in [4.78, 5) is 4.52. The Morgan fingerprint density at radius 2 is 1.94 bits per heavy atom. The van der Waals surface area contributed by atoms with Gasteiger partial charge in [0.15, 0.2) is 17.5 Å². The molecule has 31 heavy (non-hydrogen) atoms. The number of nitrogens with zero attached hydrogens (tertiary/aromatic N) is 1. The van der Waals surface area contributed by atoms with Crippen LogP contribution < -0.4 is 20.1 Å². The summed E-state index contributed by atoms with van der Waals surface area (Å²) in [5.74, 6) is 1.52. The molecule has 0 saturated carbocycles. The average Bonchev–Trinajstić information content (AvgIpc) is 2.75. The van der Waals surface area contributed by atoms with Gasteiger partial charge < -0.3 is 25.2 Å². The van der Waals surface area contributed by atoms with Crippen LogP contribution >= 0.6 is 0 Å². The molecule has 1 atom stereocenters. The highest BCUT2D eigenvalue weighted by molar-refractivity contribution is 5.80. The number of halogens is 3. The van der Waals surface area contributed by atoms with Crippen LogP contribution in [0, 0.1) is 0 Å². The lowest BCUT2D eigenvalue weighted by Gasteiger charge is -2.19. The predicted molar refractivity (Wildman–Crippen MR) is 113 cm³/mol. The Morgan fingerprint density at radius 3 is 2.58 bits per heavy atom. The molecule has 0 radical (unpaired) electrons. The van der Waals surface area contributed by atoms with Gasteiger partial charge in [0.05, 0.1) is 31.9 Å². The lowest BCUT2D eigenvalue weighted by Crippen LogP contribution is -2.38. The number of hydrogen-bond acceptors (Lipinski definition) is 4. The minimum atomic E-state index is -4.39. The average molecular weight is 439 g/mol. The zero-order valence-corrected chi connectivity index (χ0v) is 17.8. The van der Waals surface area contributed by atoms with Crippen molar-refractivity contribution < 1.29 is 27.8 Å². The topological polar surface area (TPSA) is 75.1 Å². The van der Waals surface area contributed by atoms with E-state index >= 15 is 0 Å². The number of alkyl halides is 3. The van der Waals surface area contributed by atoms with Crippen LogP contribution in [0.3, 0.4) is 0 Å². The third kappa shape index (κ3) is 7.36. The number of nitrogens with one attached hydrogen (secondary N) is 2. The Morgan fingerprint density at radius 1 is 1.16 bits per heavy atom. The van der Waals surface area contributed by atoms with Gasteiger partial charge in [-0.05, 0) is 49.2 Å². The van der Waals surface area contributed by atoms with E-state index in [0.29, 0.717) is 36.1 Å². The van der Waals surface area contributed by atoms with Crippen LogP contribution in [0.1, 0.15) is 36.6 Å². The van der Waals surface area contributed by atoms with Crippen molar-refractivity contribution in [2.24, 2.45) is 4.99 Å². The summed E-state index contributed by atoms with van der Waals surface area (Å²) >= 11 is 0. The molecular weight excluding hydrogens is 411 g/mol. The lowest BCUT2D eigenvalue weighted by atomic mass is 10.1. The predicted octanol–water partition coefficient (Wildman–Crippen LogP) is 3.90. The van der Waals surface area contributed by atoms with E-state index in [1.807, 2.05) is 13.0 Å². The highest BCUT2D eigenvalue weighted by atomic mass is 19.4. The Labute approximate surface area is 180 Å². The van der Waals surface area contributed by atoms with Gasteiger partial charge in [-0.2, -0.15) is 13.2 Å². The van der Waals surface area contributed by atoms with E-state index in [9.17, 15) is 13.2 Å². The van der Waals surface area contributed by atoms with Gasteiger partial charge in [-0.3, -0.25) is 0 Å². The van der Waals surface area contributed by atoms with Crippen molar-refractivity contribution in [1.82, 2.24) is 10.6 Å². The number of methoxy groups -OCH3 is 1. The molecule has 1 unspecified atom stereocenters. The minimum absolute atomic E-state index is 0.100. The van der Waals surface area contributed by atoms with Crippen molar-refractivity contribution >= 4 is 5.96 Å². The fourth-order valence-electron chi connectivity index (χ4n) is 2.85. The summed E-state index contributed by atoms with van der Waals surface area (Å²) in [5.41, 5.74) is 0.681. The van der Waals surface area contributed by atoms with Gasteiger partial charge in [0.25, 0.3) is 0 Å². The molecule has 170 valence electrons. The number of rotatable bonds is 9. The maximum atomic E-state index is 13.0. The number of aliphatic imine (C=N–C) groups is 1. The van der Waals surface area contributed by atoms with E-state index < -0.39 is 11.7 Å². The Kier molecular flexibility index (Phi) is 8.99. The number of aliphatic hydroxyl groups is 1. The lowest BCUT2D eigenvalue weighted by molar-refractivity contribution is -0.137. The van der Waals surface area contributed by atoms with E-state index in [-0.39, 0.29) is 19.3 Å². The molecule has 0 aliphatic rings. The summed E-state index contributed by atoms with van der Waals surface area (Å²) in [6.45, 7) is 4.66. The fraction of sp³-hybridized carbons (Fsp3) is 0.409. The van der Waals surface area contributed by atoms with Crippen LogP contribution in [0.4, 0.5) is 13.2 Å². The molecule has 0 heterocycles. The van der Waals surface area contributed by atoms with Crippen molar-refractivity contribution in [1.29, 1.82) is 0 Å². The zero-order chi connectivity index (χ0) is 22.9. The molecule has 0 aromatic heterocycles. The summed E-state index contributed by atoms with van der Waals surface area (Å²) < 4.78 is 49.7. The second kappa shape index (κ2) is 11.5. The standard InChI is InChI=1S/C22H28F3N3O3/c1-4-26-21(28-15(2)17-6-5-7-18(13-17)22(23,24)25)27-14-16-8-9-19(31-11-10-29)20(12-16)30-3/h5-9,12-13,15,29H,4,10-11,14H2,1-3H3,(H2,26,27,28). The monoisotopic (exact) mass is 439 g/mol. The van der Waals surface area contributed by atoms with Crippen molar-refractivity contribution in [2.45, 2.75) is 32.6 Å². The van der Waals surface area contributed by atoms with Crippen molar-refractivity contribution in [2.75, 3.05) is 26.9 Å². The van der Waals surface area contributed by atoms with E-state index in [4.69, 9.17) is 14.6 Å². The first-order valence-corrected chi connectivity index (χ1v) is 9.91. The molecule has 0 fully saturated rings. The van der Waals surface area contributed by atoms with Crippen LogP contribution in [-0.2, 0) is 12.7 Å². The normalized spacial score (nSPS) is 12.9. The highest BCUT2D eigenvalue weighted by Gasteiger charge is 2.30. The second-order valence-corrected chi connectivity index (χ2v) is 6.74. The van der Waals surface area contributed by atoms with Crippen LogP contribution in [0.2, 0.25) is 0 Å². The van der Waals surface area contributed by atoms with Crippen molar-refractivity contribution in [3.8, 4) is 11.5 Å². The molecule has 0 aliphatic carbocycles. The Hall–Kier alpha value is -2.94. The fourth-order valence-corrected chi connectivity index (χ4v) is 2.85. The van der Waals surface area contributed by atoms with E-state index in [1.165, 1.54) is 13.2 Å². The SMILES string of the molecule is CCNC(=NCc1ccc(OCCO)c(OC)c1)NC(C)c1cccc(C(F)(F)F)c1. The summed E-state index contributed by atoms with van der Waals surface area (Å²) in [7, 11) is 1.52. The van der Waals surface area contributed by atoms with Gasteiger partial charge in [-0.25, -0.2) is 4.99 Å². The molecule has 3 N–H and O–H groups in total. The van der Waals surface area contributed by atoms with E-state index in [1.54, 1.807) is 25.1 Å². The zero-order valence-electron chi connectivity index (χ0n) is 17.8. The van der Waals surface area contributed by atoms with Crippen LogP contribution in [-0.4, -0.2) is 37.9 Å². The Balaban J connectivity index is 2.13. The first-order chi connectivity index (χ1) is 14.8. The quantitative estimate of drug-likeness (QED) is 0.408. The molecule has 2 rings (SSSR count). The molecule has 6 nitrogen and oxygen atoms in total. The van der Waals surface area contributed by atoms with Gasteiger partial charge in [-0.15, -0.1) is 0 Å². The third-order valence-corrected chi connectivity index (χ3v) is 4.41. The largest absolute Gasteiger partial charge is 0.493 e. The summed E-state index contributed by atoms with van der Waals surface area (Å²) in [6, 6.07) is 10.2. The molecule has 0 aliphatic heterocycles. The van der Waals surface area contributed by atoms with Crippen LogP contribution in [0.15, 0.2) is 47.5 Å². The maximum Gasteiger partial charge on any atom is 0.416 e. The minimum Gasteiger partial charge on any atom is -0.493 e. The number of aliphatic hydroxyl groups excluding tert-OH is 1. The number of benzene rings is 2. The molecule has 0 bridgehead atoms. The van der Waals surface area contributed by atoms with E-state index in [0.717, 1.165) is 17.7 Å². The molecule has 0 saturated heterocycles. The molecule has 0 amide bonds. The summed E-state index contributed by atoms with van der Waals surface area (Å²) in [5, 5.41) is 15.1. The summed E-state index contributed by atoms with van der Waals surface area (Å²) in [6.07, 6.45) is -4.39. The Bertz CT molecular complexity index is 873. The van der Waals surface area contributed by atoms with Gasteiger partial charge in [-0.1, -0.05) is 18.2 Å². The molecular formula is C22H28F3N3O3. The van der Waals surface area contributed by atoms with Crippen molar-refractivity contribution in [3.63, 3.8) is 0 Å². The first kappa shape index (κ1) is 24.3. The van der Waals surface area contributed by atoms with Gasteiger partial charge in [0.1, 0.15) is 6.61 Å². The molecule has 0 spiro atoms. The highest BCUT2D eigenvalue weighted by Crippen LogP contribution is 2.31. The molecule has 2 aromatic carbocycles. The molecule has 9 heteroatoms. The first-order valence-electron chi connectivity index (χ1n) is 9.91. The van der Waals surface area contributed by atoms with Gasteiger partial charge >= 0.3 is 6.18 Å². The van der Waals surface area contributed by atoms with E-state index in [2.05, 4.69) is 15.6 Å². The van der Waals surface area contributed by atoms with Crippen LogP contribution in [0.25, 0.3) is 0 Å². The van der Waals surface area contributed by atoms with Gasteiger partial charge in [0, 0.05) is 6.54 Å². The number of guanidine groups is 1. The maximum absolute atomic E-state index is 13.0. The van der Waals surface area contributed by atoms with Gasteiger partial charge in [0.2, 0.25) is 0 Å². The number of ether oxygens (including phenoxy) is 2. The molecule has 2 aromatic rings. The number of hydrogen-bond donors (Lipinski definition) is 3. The second-order valence-electron chi connectivity index (χ2n) is 6.74. The van der Waals surface area contributed by atoms with Crippen molar-refractivity contribution in [3.05, 3.63) is 59.2 Å². The van der Waals surface area contributed by atoms with Crippen LogP contribution in [0.5, 0.6) is 11.5 Å².